The van der Waals surface area contributed by atoms with Gasteiger partial charge in [-0.3, -0.25) is 4.79 Å². The molecule has 1 aliphatic carbocycles. The van der Waals surface area contributed by atoms with Crippen LogP contribution in [-0.4, -0.2) is 54.3 Å². The van der Waals surface area contributed by atoms with Crippen LogP contribution in [0.3, 0.4) is 0 Å². The summed E-state index contributed by atoms with van der Waals surface area (Å²) in [6, 6.07) is 0.0850. The van der Waals surface area contributed by atoms with Crippen LogP contribution in [0.25, 0.3) is 0 Å². The van der Waals surface area contributed by atoms with Crippen LogP contribution in [0.2, 0.25) is 0 Å². The van der Waals surface area contributed by atoms with E-state index in [9.17, 15) is 9.59 Å². The van der Waals surface area contributed by atoms with Gasteiger partial charge in [-0.05, 0) is 46.0 Å². The molecular formula is C22H34N2O4. The van der Waals surface area contributed by atoms with Gasteiger partial charge in [-0.15, -0.1) is 0 Å². The monoisotopic (exact) mass is 390 g/mol. The SMILES string of the molecule is CC(C)(C)OC(=O)N1CCC(CC(=O)N[C@@H]2CCOC3C=CC=CC32C)CC1. The second-order valence-corrected chi connectivity index (χ2v) is 9.43. The second kappa shape index (κ2) is 8.27. The minimum atomic E-state index is -0.478. The number of amides is 2. The van der Waals surface area contributed by atoms with Crippen LogP contribution in [0.4, 0.5) is 4.79 Å². The van der Waals surface area contributed by atoms with Crippen LogP contribution in [0.15, 0.2) is 24.3 Å². The third-order valence-corrected chi connectivity index (χ3v) is 6.00. The van der Waals surface area contributed by atoms with Gasteiger partial charge in [-0.2, -0.15) is 0 Å². The van der Waals surface area contributed by atoms with Gasteiger partial charge >= 0.3 is 6.09 Å². The van der Waals surface area contributed by atoms with Crippen LogP contribution < -0.4 is 5.32 Å². The number of nitrogens with one attached hydrogen (secondary N) is 1. The zero-order chi connectivity index (χ0) is 20.4. The van der Waals surface area contributed by atoms with Crippen LogP contribution in [-0.2, 0) is 14.3 Å². The summed E-state index contributed by atoms with van der Waals surface area (Å²) >= 11 is 0. The van der Waals surface area contributed by atoms with Crippen molar-refractivity contribution in [3.63, 3.8) is 0 Å². The maximum atomic E-state index is 12.7. The molecule has 0 aromatic carbocycles. The smallest absolute Gasteiger partial charge is 0.410 e. The number of hydrogen-bond acceptors (Lipinski definition) is 4. The maximum Gasteiger partial charge on any atom is 0.410 e. The van der Waals surface area contributed by atoms with Gasteiger partial charge in [0, 0.05) is 37.6 Å². The number of likely N-dealkylation sites (tertiary alicyclic amines) is 1. The molecule has 3 aliphatic rings. The highest BCUT2D eigenvalue weighted by Crippen LogP contribution is 2.38. The van der Waals surface area contributed by atoms with Crippen molar-refractivity contribution in [2.45, 2.75) is 71.1 Å². The van der Waals surface area contributed by atoms with Gasteiger partial charge in [-0.25, -0.2) is 4.79 Å². The molecule has 2 heterocycles. The van der Waals surface area contributed by atoms with E-state index in [0.717, 1.165) is 19.3 Å². The normalized spacial score (nSPS) is 30.6. The van der Waals surface area contributed by atoms with Crippen molar-refractivity contribution in [2.75, 3.05) is 19.7 Å². The first-order valence-electron chi connectivity index (χ1n) is 10.4. The third kappa shape index (κ3) is 4.96. The first-order chi connectivity index (χ1) is 13.2. The molecule has 0 saturated carbocycles. The molecule has 6 heteroatoms. The minimum absolute atomic E-state index is 0.0219. The summed E-state index contributed by atoms with van der Waals surface area (Å²) in [4.78, 5) is 26.6. The molecule has 2 aliphatic heterocycles. The molecule has 0 spiro atoms. The Bertz CT molecular complexity index is 643. The summed E-state index contributed by atoms with van der Waals surface area (Å²) in [5.74, 6) is 0.412. The van der Waals surface area contributed by atoms with E-state index in [2.05, 4.69) is 24.4 Å². The van der Waals surface area contributed by atoms with Crippen molar-refractivity contribution >= 4 is 12.0 Å². The number of nitrogens with zero attached hydrogens (tertiary/aromatic N) is 1. The first-order valence-corrected chi connectivity index (χ1v) is 10.4. The molecule has 0 aromatic heterocycles. The summed E-state index contributed by atoms with van der Waals surface area (Å²) in [5.41, 5.74) is -0.670. The van der Waals surface area contributed by atoms with Crippen molar-refractivity contribution in [3.05, 3.63) is 24.3 Å². The van der Waals surface area contributed by atoms with Crippen molar-refractivity contribution in [3.8, 4) is 0 Å². The second-order valence-electron chi connectivity index (χ2n) is 9.43. The van der Waals surface area contributed by atoms with Gasteiger partial charge in [0.1, 0.15) is 5.60 Å². The molecule has 2 unspecified atom stereocenters. The van der Waals surface area contributed by atoms with Crippen molar-refractivity contribution in [1.82, 2.24) is 10.2 Å². The fourth-order valence-corrected chi connectivity index (χ4v) is 4.29. The van der Waals surface area contributed by atoms with Gasteiger partial charge in [0.25, 0.3) is 0 Å². The van der Waals surface area contributed by atoms with Gasteiger partial charge in [0.05, 0.1) is 6.10 Å². The average molecular weight is 391 g/mol. The van der Waals surface area contributed by atoms with Crippen LogP contribution in [0, 0.1) is 11.3 Å². The number of carbonyl (C=O) groups excluding carboxylic acids is 2. The molecule has 3 rings (SSSR count). The van der Waals surface area contributed by atoms with Crippen LogP contribution >= 0.6 is 0 Å². The van der Waals surface area contributed by atoms with E-state index < -0.39 is 5.60 Å². The maximum absolute atomic E-state index is 12.7. The average Bonchev–Trinajstić information content (AvgIpc) is 2.61. The number of allylic oxidation sites excluding steroid dienone is 2. The molecule has 2 fully saturated rings. The van der Waals surface area contributed by atoms with Crippen LogP contribution in [0.5, 0.6) is 0 Å². The number of piperidine rings is 1. The zero-order valence-corrected chi connectivity index (χ0v) is 17.6. The van der Waals surface area contributed by atoms with Crippen molar-refractivity contribution < 1.29 is 19.1 Å². The molecule has 156 valence electrons. The Hall–Kier alpha value is -1.82. The number of fused-ring (bicyclic) bond motifs is 1. The lowest BCUT2D eigenvalue weighted by Gasteiger charge is -2.45. The highest BCUT2D eigenvalue weighted by molar-refractivity contribution is 5.76. The highest BCUT2D eigenvalue weighted by Gasteiger charge is 2.43. The molecule has 2 saturated heterocycles. The highest BCUT2D eigenvalue weighted by atomic mass is 16.6. The molecule has 1 N–H and O–H groups in total. The molecule has 0 aromatic rings. The quantitative estimate of drug-likeness (QED) is 0.802. The van der Waals surface area contributed by atoms with E-state index in [1.165, 1.54) is 0 Å². The minimum Gasteiger partial charge on any atom is -0.444 e. The van der Waals surface area contributed by atoms with E-state index in [1.54, 1.807) is 4.90 Å². The topological polar surface area (TPSA) is 67.9 Å². The molecular weight excluding hydrogens is 356 g/mol. The summed E-state index contributed by atoms with van der Waals surface area (Å²) in [5, 5.41) is 3.26. The summed E-state index contributed by atoms with van der Waals surface area (Å²) in [7, 11) is 0. The zero-order valence-electron chi connectivity index (χ0n) is 17.6. The number of carbonyl (C=O) groups is 2. The Morgan fingerprint density at radius 1 is 1.21 bits per heavy atom. The van der Waals surface area contributed by atoms with Crippen molar-refractivity contribution in [2.24, 2.45) is 11.3 Å². The lowest BCUT2D eigenvalue weighted by molar-refractivity contribution is -0.126. The fraction of sp³-hybridized carbons (Fsp3) is 0.727. The molecule has 0 radical (unpaired) electrons. The third-order valence-electron chi connectivity index (χ3n) is 6.00. The van der Waals surface area contributed by atoms with Crippen LogP contribution in [0.1, 0.15) is 53.4 Å². The number of hydrogen-bond donors (Lipinski definition) is 1. The largest absolute Gasteiger partial charge is 0.444 e. The van der Waals surface area contributed by atoms with Gasteiger partial charge in [0.2, 0.25) is 5.91 Å². The Morgan fingerprint density at radius 3 is 2.61 bits per heavy atom. The Labute approximate surface area is 168 Å². The van der Waals surface area contributed by atoms with E-state index >= 15 is 0 Å². The molecule has 0 bridgehead atoms. The van der Waals surface area contributed by atoms with E-state index in [1.807, 2.05) is 32.9 Å². The summed E-state index contributed by atoms with van der Waals surface area (Å²) < 4.78 is 11.3. The van der Waals surface area contributed by atoms with E-state index in [4.69, 9.17) is 9.47 Å². The van der Waals surface area contributed by atoms with Gasteiger partial charge < -0.3 is 19.7 Å². The first kappa shape index (κ1) is 20.9. The van der Waals surface area contributed by atoms with Crippen molar-refractivity contribution in [1.29, 1.82) is 0 Å². The Morgan fingerprint density at radius 2 is 1.93 bits per heavy atom. The predicted octanol–water partition coefficient (Wildman–Crippen LogP) is 3.43. The molecule has 28 heavy (non-hydrogen) atoms. The lowest BCUT2D eigenvalue weighted by Crippen LogP contribution is -2.55. The number of ether oxygens (including phenoxy) is 2. The molecule has 3 atom stereocenters. The molecule has 2 amide bonds. The fourth-order valence-electron chi connectivity index (χ4n) is 4.29. The molecule has 6 nitrogen and oxygen atoms in total. The summed E-state index contributed by atoms with van der Waals surface area (Å²) in [6.07, 6.45) is 11.1. The predicted molar refractivity (Wildman–Crippen MR) is 108 cm³/mol. The Kier molecular flexibility index (Phi) is 6.18. The standard InChI is InChI=1S/C22H34N2O4/c1-21(2,3)28-20(26)24-12-8-16(9-13-24)15-19(25)23-17-10-14-27-18-7-5-6-11-22(17,18)4/h5-7,11,16-18H,8-10,12-15H2,1-4H3,(H,23,25)/t17-,18?,22?/m1/s1. The van der Waals surface area contributed by atoms with E-state index in [-0.39, 0.29) is 29.6 Å². The summed E-state index contributed by atoms with van der Waals surface area (Å²) in [6.45, 7) is 9.75. The lowest BCUT2D eigenvalue weighted by atomic mass is 9.72. The van der Waals surface area contributed by atoms with E-state index in [0.29, 0.717) is 32.0 Å². The Balaban J connectivity index is 1.47. The van der Waals surface area contributed by atoms with Gasteiger partial charge in [0.15, 0.2) is 0 Å². The number of rotatable bonds is 3. The van der Waals surface area contributed by atoms with Gasteiger partial charge in [-0.1, -0.05) is 31.2 Å².